The first kappa shape index (κ1) is 15.6. The summed E-state index contributed by atoms with van der Waals surface area (Å²) in [6, 6.07) is 5.05. The molecule has 6 heteroatoms. The van der Waals surface area contributed by atoms with E-state index < -0.39 is 0 Å². The van der Waals surface area contributed by atoms with Gasteiger partial charge in [-0.2, -0.15) is 0 Å². The fourth-order valence-electron chi connectivity index (χ4n) is 2.41. The second-order valence-electron chi connectivity index (χ2n) is 4.97. The van der Waals surface area contributed by atoms with Crippen LogP contribution in [-0.2, 0) is 4.79 Å². The Morgan fingerprint density at radius 1 is 1.60 bits per heavy atom. The lowest BCUT2D eigenvalue weighted by Gasteiger charge is -2.25. The van der Waals surface area contributed by atoms with Crippen LogP contribution in [0.15, 0.2) is 22.7 Å². The normalized spacial score (nSPS) is 22.1. The van der Waals surface area contributed by atoms with Gasteiger partial charge in [-0.25, -0.2) is 0 Å². The van der Waals surface area contributed by atoms with E-state index in [0.717, 1.165) is 6.42 Å². The molecule has 0 radical (unpaired) electrons. The fraction of sp³-hybridized carbons (Fsp3) is 0.500. The van der Waals surface area contributed by atoms with Gasteiger partial charge in [0.15, 0.2) is 6.61 Å². The zero-order valence-electron chi connectivity index (χ0n) is 11.2. The van der Waals surface area contributed by atoms with Gasteiger partial charge in [0.25, 0.3) is 5.91 Å². The van der Waals surface area contributed by atoms with Crippen molar-refractivity contribution in [2.24, 2.45) is 5.92 Å². The van der Waals surface area contributed by atoms with Crippen LogP contribution in [0.4, 0.5) is 0 Å². The van der Waals surface area contributed by atoms with Crippen LogP contribution in [0.25, 0.3) is 0 Å². The summed E-state index contributed by atoms with van der Waals surface area (Å²) < 4.78 is 6.23. The van der Waals surface area contributed by atoms with Crippen LogP contribution in [0, 0.1) is 5.92 Å². The summed E-state index contributed by atoms with van der Waals surface area (Å²) in [5.74, 6) is 0.803. The number of benzene rings is 1. The van der Waals surface area contributed by atoms with E-state index in [4.69, 9.17) is 16.3 Å². The Kier molecular flexibility index (Phi) is 5.29. The maximum Gasteiger partial charge on any atom is 0.260 e. The minimum absolute atomic E-state index is 0.00243. The molecular weight excluding hydrogens is 346 g/mol. The van der Waals surface area contributed by atoms with Gasteiger partial charge < -0.3 is 14.7 Å². The predicted molar refractivity (Wildman–Crippen MR) is 81.0 cm³/mol. The van der Waals surface area contributed by atoms with Crippen LogP contribution in [0.1, 0.15) is 13.3 Å². The topological polar surface area (TPSA) is 49.8 Å². The van der Waals surface area contributed by atoms with Gasteiger partial charge in [0.05, 0.1) is 17.1 Å². The number of carbonyl (C=O) groups is 1. The summed E-state index contributed by atoms with van der Waals surface area (Å²) in [5, 5.41) is 9.96. The highest BCUT2D eigenvalue weighted by atomic mass is 79.9. The maximum absolute atomic E-state index is 12.2. The zero-order valence-corrected chi connectivity index (χ0v) is 13.5. The quantitative estimate of drug-likeness (QED) is 0.896. The van der Waals surface area contributed by atoms with Gasteiger partial charge >= 0.3 is 0 Å². The van der Waals surface area contributed by atoms with E-state index in [1.165, 1.54) is 0 Å². The molecule has 1 aromatic rings. The average Bonchev–Trinajstić information content (AvgIpc) is 2.78. The number of ether oxygens (including phenoxy) is 1. The van der Waals surface area contributed by atoms with E-state index in [1.807, 2.05) is 6.92 Å². The molecule has 0 spiro atoms. The van der Waals surface area contributed by atoms with Gasteiger partial charge in [-0.15, -0.1) is 0 Å². The highest BCUT2D eigenvalue weighted by Gasteiger charge is 2.33. The van der Waals surface area contributed by atoms with E-state index in [9.17, 15) is 9.90 Å². The van der Waals surface area contributed by atoms with E-state index >= 15 is 0 Å². The molecule has 1 heterocycles. The molecule has 2 unspecified atom stereocenters. The van der Waals surface area contributed by atoms with E-state index in [0.29, 0.717) is 27.7 Å². The first-order valence-corrected chi connectivity index (χ1v) is 7.68. The molecule has 0 saturated carbocycles. The smallest absolute Gasteiger partial charge is 0.260 e. The minimum atomic E-state index is -0.102. The highest BCUT2D eigenvalue weighted by Crippen LogP contribution is 2.28. The summed E-state index contributed by atoms with van der Waals surface area (Å²) in [4.78, 5) is 13.9. The molecule has 1 aromatic carbocycles. The molecule has 2 rings (SSSR count). The average molecular weight is 363 g/mol. The summed E-state index contributed by atoms with van der Waals surface area (Å²) >= 11 is 9.19. The van der Waals surface area contributed by atoms with Crippen molar-refractivity contribution in [1.82, 2.24) is 4.90 Å². The van der Waals surface area contributed by atoms with Crippen LogP contribution < -0.4 is 4.74 Å². The summed E-state index contributed by atoms with van der Waals surface area (Å²) in [7, 11) is 0. The molecule has 1 saturated heterocycles. The van der Waals surface area contributed by atoms with Crippen LogP contribution in [0.3, 0.4) is 0 Å². The SMILES string of the molecule is CC1CCN(C(=O)COc2ccc(Cl)cc2Br)C1CO. The van der Waals surface area contributed by atoms with Gasteiger partial charge in [-0.1, -0.05) is 18.5 Å². The standard InChI is InChI=1S/C14H17BrClNO3/c1-9-4-5-17(12(9)7-18)14(19)8-20-13-3-2-10(16)6-11(13)15/h2-3,6,9,12,18H,4-5,7-8H2,1H3. The molecule has 0 aromatic heterocycles. The second kappa shape index (κ2) is 6.78. The first-order chi connectivity index (χ1) is 9.52. The Balaban J connectivity index is 1.95. The lowest BCUT2D eigenvalue weighted by molar-refractivity contribution is -0.135. The van der Waals surface area contributed by atoms with Gasteiger partial charge in [-0.05, 0) is 46.5 Å². The number of likely N-dealkylation sites (tertiary alicyclic amines) is 1. The van der Waals surface area contributed by atoms with Gasteiger partial charge in [-0.3, -0.25) is 4.79 Å². The third kappa shape index (κ3) is 3.45. The molecule has 1 amide bonds. The monoisotopic (exact) mass is 361 g/mol. The number of aliphatic hydroxyl groups excluding tert-OH is 1. The lowest BCUT2D eigenvalue weighted by Crippen LogP contribution is -2.42. The Hall–Kier alpha value is -0.780. The minimum Gasteiger partial charge on any atom is -0.483 e. The molecule has 0 bridgehead atoms. The van der Waals surface area contributed by atoms with Crippen molar-refractivity contribution in [2.45, 2.75) is 19.4 Å². The van der Waals surface area contributed by atoms with Crippen molar-refractivity contribution in [2.75, 3.05) is 19.8 Å². The second-order valence-corrected chi connectivity index (χ2v) is 6.26. The molecule has 4 nitrogen and oxygen atoms in total. The number of hydrogen-bond acceptors (Lipinski definition) is 3. The van der Waals surface area contributed by atoms with Crippen molar-refractivity contribution < 1.29 is 14.6 Å². The molecule has 0 aliphatic carbocycles. The molecule has 20 heavy (non-hydrogen) atoms. The Morgan fingerprint density at radius 2 is 2.35 bits per heavy atom. The molecule has 1 aliphatic heterocycles. The number of carbonyl (C=O) groups excluding carboxylic acids is 1. The Labute approximate surface area is 131 Å². The molecular formula is C14H17BrClNO3. The molecule has 2 atom stereocenters. The Bertz CT molecular complexity index is 497. The summed E-state index contributed by atoms with van der Waals surface area (Å²) in [6.45, 7) is 2.68. The largest absolute Gasteiger partial charge is 0.483 e. The van der Waals surface area contributed by atoms with Crippen molar-refractivity contribution in [3.05, 3.63) is 27.7 Å². The number of halogens is 2. The number of nitrogens with zero attached hydrogens (tertiary/aromatic N) is 1. The Morgan fingerprint density at radius 3 is 3.00 bits per heavy atom. The van der Waals surface area contributed by atoms with Crippen molar-refractivity contribution >= 4 is 33.4 Å². The molecule has 1 aliphatic rings. The van der Waals surface area contributed by atoms with Crippen molar-refractivity contribution in [1.29, 1.82) is 0 Å². The third-order valence-electron chi connectivity index (χ3n) is 3.64. The van der Waals surface area contributed by atoms with Gasteiger partial charge in [0.2, 0.25) is 0 Å². The van der Waals surface area contributed by atoms with E-state index in [1.54, 1.807) is 23.1 Å². The fourth-order valence-corrected chi connectivity index (χ4v) is 3.21. The molecule has 110 valence electrons. The van der Waals surface area contributed by atoms with Crippen LogP contribution in [0.5, 0.6) is 5.75 Å². The zero-order chi connectivity index (χ0) is 14.7. The van der Waals surface area contributed by atoms with Gasteiger partial charge in [0.1, 0.15) is 5.75 Å². The van der Waals surface area contributed by atoms with Crippen LogP contribution >= 0.6 is 27.5 Å². The van der Waals surface area contributed by atoms with E-state index in [-0.39, 0.29) is 25.2 Å². The summed E-state index contributed by atoms with van der Waals surface area (Å²) in [5.41, 5.74) is 0. The van der Waals surface area contributed by atoms with Gasteiger partial charge in [0, 0.05) is 11.6 Å². The number of rotatable bonds is 4. The first-order valence-electron chi connectivity index (χ1n) is 6.51. The van der Waals surface area contributed by atoms with Crippen molar-refractivity contribution in [3.8, 4) is 5.75 Å². The molecule has 1 fully saturated rings. The highest BCUT2D eigenvalue weighted by molar-refractivity contribution is 9.10. The summed E-state index contributed by atoms with van der Waals surface area (Å²) in [6.07, 6.45) is 0.918. The molecule has 1 N–H and O–H groups in total. The van der Waals surface area contributed by atoms with Crippen LogP contribution in [-0.4, -0.2) is 41.7 Å². The number of aliphatic hydroxyl groups is 1. The third-order valence-corrected chi connectivity index (χ3v) is 4.49. The number of amides is 1. The predicted octanol–water partition coefficient (Wildman–Crippen LogP) is 2.71. The number of hydrogen-bond donors (Lipinski definition) is 1. The van der Waals surface area contributed by atoms with E-state index in [2.05, 4.69) is 15.9 Å². The van der Waals surface area contributed by atoms with Crippen LogP contribution in [0.2, 0.25) is 5.02 Å². The van der Waals surface area contributed by atoms with Crippen molar-refractivity contribution in [3.63, 3.8) is 0 Å². The maximum atomic E-state index is 12.2. The lowest BCUT2D eigenvalue weighted by atomic mass is 10.0.